The zero-order valence-electron chi connectivity index (χ0n) is 12.8. The van der Waals surface area contributed by atoms with Crippen molar-refractivity contribution < 1.29 is 4.74 Å². The van der Waals surface area contributed by atoms with E-state index in [0.29, 0.717) is 18.8 Å². The summed E-state index contributed by atoms with van der Waals surface area (Å²) in [5.41, 5.74) is 2.93. The van der Waals surface area contributed by atoms with Gasteiger partial charge in [-0.2, -0.15) is 0 Å². The first-order chi connectivity index (χ1) is 10.6. The van der Waals surface area contributed by atoms with Crippen LogP contribution in [0, 0.1) is 13.8 Å². The van der Waals surface area contributed by atoms with Gasteiger partial charge >= 0.3 is 5.69 Å². The van der Waals surface area contributed by atoms with Crippen molar-refractivity contribution in [2.45, 2.75) is 26.8 Å². The molecule has 0 amide bonds. The van der Waals surface area contributed by atoms with Gasteiger partial charge in [0.15, 0.2) is 5.65 Å². The largest absolute Gasteiger partial charge is 0.494 e. The van der Waals surface area contributed by atoms with Gasteiger partial charge in [-0.15, -0.1) is 5.10 Å². The van der Waals surface area contributed by atoms with E-state index in [1.54, 1.807) is 10.6 Å². The molecule has 0 bridgehead atoms. The molecule has 1 aromatic carbocycles. The number of ether oxygens (including phenoxy) is 1. The summed E-state index contributed by atoms with van der Waals surface area (Å²) in [5.74, 6) is 0.875. The molecule has 0 saturated heterocycles. The van der Waals surface area contributed by atoms with Gasteiger partial charge in [0.25, 0.3) is 0 Å². The predicted octanol–water partition coefficient (Wildman–Crippen LogP) is 2.58. The number of aryl methyl sites for hydroxylation is 3. The highest BCUT2D eigenvalue weighted by atomic mass is 16.5. The number of hydrogen-bond acceptors (Lipinski definition) is 3. The SMILES string of the molecule is Cc1cc(C)cc(OCCCn2nc3ccccn3c2=O)c1. The summed E-state index contributed by atoms with van der Waals surface area (Å²) >= 11 is 0. The maximum atomic E-state index is 12.1. The predicted molar refractivity (Wildman–Crippen MR) is 85.5 cm³/mol. The second-order valence-electron chi connectivity index (χ2n) is 5.46. The monoisotopic (exact) mass is 297 g/mol. The van der Waals surface area contributed by atoms with E-state index in [-0.39, 0.29) is 5.69 Å². The molecule has 0 atom stereocenters. The molecular weight excluding hydrogens is 278 g/mol. The van der Waals surface area contributed by atoms with Crippen LogP contribution in [-0.2, 0) is 6.54 Å². The molecule has 0 fully saturated rings. The Bertz CT molecular complexity index is 828. The van der Waals surface area contributed by atoms with Crippen LogP contribution in [0.2, 0.25) is 0 Å². The Kier molecular flexibility index (Phi) is 3.96. The number of pyridine rings is 1. The lowest BCUT2D eigenvalue weighted by Gasteiger charge is -2.08. The average molecular weight is 297 g/mol. The molecule has 2 heterocycles. The maximum absolute atomic E-state index is 12.1. The summed E-state index contributed by atoms with van der Waals surface area (Å²) in [4.78, 5) is 12.1. The number of hydrogen-bond donors (Lipinski definition) is 0. The topological polar surface area (TPSA) is 48.5 Å². The molecule has 0 N–H and O–H groups in total. The van der Waals surface area contributed by atoms with E-state index in [2.05, 4.69) is 25.0 Å². The molecule has 0 aliphatic heterocycles. The lowest BCUT2D eigenvalue weighted by atomic mass is 10.1. The Morgan fingerprint density at radius 2 is 1.91 bits per heavy atom. The van der Waals surface area contributed by atoms with Gasteiger partial charge in [0, 0.05) is 19.2 Å². The fourth-order valence-electron chi connectivity index (χ4n) is 2.53. The quantitative estimate of drug-likeness (QED) is 0.680. The molecule has 0 aliphatic carbocycles. The average Bonchev–Trinajstić information content (AvgIpc) is 2.80. The number of nitrogens with zero attached hydrogens (tertiary/aromatic N) is 3. The molecule has 0 spiro atoms. The van der Waals surface area contributed by atoms with E-state index in [0.717, 1.165) is 12.2 Å². The molecule has 5 heteroatoms. The van der Waals surface area contributed by atoms with Crippen molar-refractivity contribution >= 4 is 5.65 Å². The zero-order valence-corrected chi connectivity index (χ0v) is 12.8. The molecule has 3 aromatic rings. The van der Waals surface area contributed by atoms with Crippen LogP contribution in [-0.4, -0.2) is 20.8 Å². The summed E-state index contributed by atoms with van der Waals surface area (Å²) in [6, 6.07) is 11.7. The number of rotatable bonds is 5. The Hall–Kier alpha value is -2.56. The fourth-order valence-corrected chi connectivity index (χ4v) is 2.53. The minimum atomic E-state index is -0.109. The third kappa shape index (κ3) is 3.03. The van der Waals surface area contributed by atoms with Gasteiger partial charge in [-0.1, -0.05) is 12.1 Å². The van der Waals surface area contributed by atoms with Gasteiger partial charge in [0.2, 0.25) is 0 Å². The highest BCUT2D eigenvalue weighted by molar-refractivity contribution is 5.35. The zero-order chi connectivity index (χ0) is 15.5. The normalized spacial score (nSPS) is 11.0. The van der Waals surface area contributed by atoms with Crippen molar-refractivity contribution in [1.29, 1.82) is 0 Å². The molecule has 114 valence electrons. The lowest BCUT2D eigenvalue weighted by Crippen LogP contribution is -2.22. The summed E-state index contributed by atoms with van der Waals surface area (Å²) in [7, 11) is 0. The van der Waals surface area contributed by atoms with Gasteiger partial charge in [-0.3, -0.25) is 4.40 Å². The van der Waals surface area contributed by atoms with Crippen molar-refractivity contribution in [2.75, 3.05) is 6.61 Å². The van der Waals surface area contributed by atoms with Crippen LogP contribution in [0.5, 0.6) is 5.75 Å². The van der Waals surface area contributed by atoms with E-state index >= 15 is 0 Å². The van der Waals surface area contributed by atoms with Crippen LogP contribution in [0.3, 0.4) is 0 Å². The van der Waals surface area contributed by atoms with Crippen molar-refractivity contribution in [3.8, 4) is 5.75 Å². The van der Waals surface area contributed by atoms with Crippen molar-refractivity contribution in [1.82, 2.24) is 14.2 Å². The van der Waals surface area contributed by atoms with Crippen LogP contribution in [0.15, 0.2) is 47.4 Å². The summed E-state index contributed by atoms with van der Waals surface area (Å²) in [6.45, 7) is 5.21. The minimum absolute atomic E-state index is 0.109. The van der Waals surface area contributed by atoms with Gasteiger partial charge in [-0.05, 0) is 49.2 Å². The van der Waals surface area contributed by atoms with Crippen molar-refractivity contribution in [2.24, 2.45) is 0 Å². The highest BCUT2D eigenvalue weighted by Gasteiger charge is 2.05. The first-order valence-corrected chi connectivity index (χ1v) is 7.39. The van der Waals surface area contributed by atoms with Crippen LogP contribution >= 0.6 is 0 Å². The number of fused-ring (bicyclic) bond motifs is 1. The second kappa shape index (κ2) is 6.05. The lowest BCUT2D eigenvalue weighted by molar-refractivity contribution is 0.297. The third-order valence-corrected chi connectivity index (χ3v) is 3.47. The van der Waals surface area contributed by atoms with E-state index in [1.165, 1.54) is 15.8 Å². The van der Waals surface area contributed by atoms with Crippen molar-refractivity contribution in [3.63, 3.8) is 0 Å². The maximum Gasteiger partial charge on any atom is 0.350 e. The number of benzene rings is 1. The second-order valence-corrected chi connectivity index (χ2v) is 5.46. The summed E-state index contributed by atoms with van der Waals surface area (Å²) < 4.78 is 8.79. The van der Waals surface area contributed by atoms with Gasteiger partial charge in [0.05, 0.1) is 6.61 Å². The van der Waals surface area contributed by atoms with Gasteiger partial charge in [0.1, 0.15) is 5.75 Å². The molecular formula is C17H19N3O2. The Balaban J connectivity index is 1.60. The fraction of sp³-hybridized carbons (Fsp3) is 0.294. The Morgan fingerprint density at radius 3 is 2.64 bits per heavy atom. The Labute approximate surface area is 128 Å². The standard InChI is InChI=1S/C17H19N3O2/c1-13-10-14(2)12-15(11-13)22-9-5-8-20-17(21)19-7-4-3-6-16(19)18-20/h3-4,6-7,10-12H,5,8-9H2,1-2H3. The number of aromatic nitrogens is 3. The van der Waals surface area contributed by atoms with E-state index < -0.39 is 0 Å². The first-order valence-electron chi connectivity index (χ1n) is 7.39. The minimum Gasteiger partial charge on any atom is -0.494 e. The van der Waals surface area contributed by atoms with Crippen LogP contribution in [0.4, 0.5) is 0 Å². The van der Waals surface area contributed by atoms with Gasteiger partial charge in [-0.25, -0.2) is 9.48 Å². The molecule has 0 aliphatic rings. The smallest absolute Gasteiger partial charge is 0.350 e. The Morgan fingerprint density at radius 1 is 1.14 bits per heavy atom. The molecule has 0 radical (unpaired) electrons. The van der Waals surface area contributed by atoms with Crippen LogP contribution < -0.4 is 10.4 Å². The summed E-state index contributed by atoms with van der Waals surface area (Å²) in [5, 5.41) is 4.30. The van der Waals surface area contributed by atoms with Crippen LogP contribution in [0.25, 0.3) is 5.65 Å². The van der Waals surface area contributed by atoms with E-state index in [4.69, 9.17) is 4.74 Å². The molecule has 0 saturated carbocycles. The van der Waals surface area contributed by atoms with Gasteiger partial charge < -0.3 is 4.74 Å². The van der Waals surface area contributed by atoms with Crippen molar-refractivity contribution in [3.05, 3.63) is 64.2 Å². The molecule has 22 heavy (non-hydrogen) atoms. The molecule has 5 nitrogen and oxygen atoms in total. The van der Waals surface area contributed by atoms with E-state index in [1.807, 2.05) is 30.3 Å². The molecule has 3 rings (SSSR count). The molecule has 0 unspecified atom stereocenters. The first kappa shape index (κ1) is 14.4. The highest BCUT2D eigenvalue weighted by Crippen LogP contribution is 2.16. The third-order valence-electron chi connectivity index (χ3n) is 3.47. The van der Waals surface area contributed by atoms with Crippen LogP contribution in [0.1, 0.15) is 17.5 Å². The summed E-state index contributed by atoms with van der Waals surface area (Å²) in [6.07, 6.45) is 2.46. The van der Waals surface area contributed by atoms with E-state index in [9.17, 15) is 4.79 Å². The molecule has 2 aromatic heterocycles.